The second-order valence-electron chi connectivity index (χ2n) is 5.23. The lowest BCUT2D eigenvalue weighted by Crippen LogP contribution is -2.13. The molecule has 0 bridgehead atoms. The predicted octanol–water partition coefficient (Wildman–Crippen LogP) is 3.64. The van der Waals surface area contributed by atoms with Gasteiger partial charge in [-0.25, -0.2) is 0 Å². The Labute approximate surface area is 126 Å². The number of rotatable bonds is 6. The van der Waals surface area contributed by atoms with Gasteiger partial charge in [-0.1, -0.05) is 24.3 Å². The van der Waals surface area contributed by atoms with E-state index >= 15 is 0 Å². The van der Waals surface area contributed by atoms with Gasteiger partial charge in [0.25, 0.3) is 0 Å². The van der Waals surface area contributed by atoms with Crippen molar-refractivity contribution in [1.82, 2.24) is 5.32 Å². The molecule has 2 aromatic carbocycles. The molecular formula is C18H20N2O. The van der Waals surface area contributed by atoms with Crippen molar-refractivity contribution in [2.75, 3.05) is 0 Å². The molecule has 0 aliphatic heterocycles. The molecule has 0 heterocycles. The first-order valence-electron chi connectivity index (χ1n) is 7.13. The van der Waals surface area contributed by atoms with Crippen LogP contribution in [0.15, 0.2) is 48.5 Å². The molecule has 21 heavy (non-hydrogen) atoms. The van der Waals surface area contributed by atoms with Crippen LogP contribution in [0.3, 0.4) is 0 Å². The van der Waals surface area contributed by atoms with E-state index in [1.165, 1.54) is 11.1 Å². The molecule has 0 aliphatic carbocycles. The summed E-state index contributed by atoms with van der Waals surface area (Å²) in [6, 6.07) is 17.9. The Bertz CT molecular complexity index is 612. The zero-order valence-corrected chi connectivity index (χ0v) is 12.5. The molecule has 108 valence electrons. The predicted molar refractivity (Wildman–Crippen MR) is 83.9 cm³/mol. The highest BCUT2D eigenvalue weighted by atomic mass is 16.5. The third kappa shape index (κ3) is 4.94. The van der Waals surface area contributed by atoms with Crippen molar-refractivity contribution in [2.24, 2.45) is 0 Å². The van der Waals surface area contributed by atoms with Crippen molar-refractivity contribution in [3.63, 3.8) is 0 Å². The second-order valence-corrected chi connectivity index (χ2v) is 5.23. The van der Waals surface area contributed by atoms with E-state index in [1.807, 2.05) is 50.2 Å². The molecule has 0 aromatic heterocycles. The van der Waals surface area contributed by atoms with Gasteiger partial charge in [0.2, 0.25) is 0 Å². The van der Waals surface area contributed by atoms with Crippen LogP contribution in [-0.4, -0.2) is 6.10 Å². The maximum atomic E-state index is 8.76. The number of benzene rings is 2. The molecule has 0 saturated carbocycles. The third-order valence-corrected chi connectivity index (χ3v) is 3.01. The van der Waals surface area contributed by atoms with Gasteiger partial charge in [0.15, 0.2) is 0 Å². The average molecular weight is 280 g/mol. The summed E-state index contributed by atoms with van der Waals surface area (Å²) in [4.78, 5) is 0. The van der Waals surface area contributed by atoms with Crippen LogP contribution >= 0.6 is 0 Å². The lowest BCUT2D eigenvalue weighted by Gasteiger charge is -2.11. The number of nitrogens with one attached hydrogen (secondary N) is 1. The largest absolute Gasteiger partial charge is 0.491 e. The molecule has 0 radical (unpaired) electrons. The van der Waals surface area contributed by atoms with Crippen LogP contribution in [0.4, 0.5) is 0 Å². The lowest BCUT2D eigenvalue weighted by molar-refractivity contribution is 0.242. The highest BCUT2D eigenvalue weighted by molar-refractivity contribution is 5.32. The van der Waals surface area contributed by atoms with E-state index in [9.17, 15) is 0 Å². The maximum Gasteiger partial charge on any atom is 0.120 e. The Hall–Kier alpha value is -2.31. The van der Waals surface area contributed by atoms with E-state index in [2.05, 4.69) is 23.5 Å². The second kappa shape index (κ2) is 7.47. The van der Waals surface area contributed by atoms with Crippen molar-refractivity contribution >= 4 is 0 Å². The molecule has 0 spiro atoms. The third-order valence-electron chi connectivity index (χ3n) is 3.01. The summed E-state index contributed by atoms with van der Waals surface area (Å²) >= 11 is 0. The number of hydrogen-bond acceptors (Lipinski definition) is 3. The van der Waals surface area contributed by atoms with Gasteiger partial charge in [-0.15, -0.1) is 0 Å². The fourth-order valence-corrected chi connectivity index (χ4v) is 2.05. The number of hydrogen-bond donors (Lipinski definition) is 1. The van der Waals surface area contributed by atoms with Crippen LogP contribution in [0.5, 0.6) is 5.75 Å². The Balaban J connectivity index is 1.86. The van der Waals surface area contributed by atoms with E-state index < -0.39 is 0 Å². The number of ether oxygens (including phenoxy) is 1. The Kier molecular flexibility index (Phi) is 5.36. The normalized spacial score (nSPS) is 10.4. The summed E-state index contributed by atoms with van der Waals surface area (Å²) in [5.74, 6) is 0.905. The van der Waals surface area contributed by atoms with Crippen LogP contribution in [0, 0.1) is 11.3 Å². The van der Waals surface area contributed by atoms with Crippen molar-refractivity contribution in [2.45, 2.75) is 33.0 Å². The van der Waals surface area contributed by atoms with Crippen molar-refractivity contribution in [1.29, 1.82) is 5.26 Å². The van der Waals surface area contributed by atoms with Gasteiger partial charge >= 0.3 is 0 Å². The molecule has 2 aromatic rings. The molecule has 1 N–H and O–H groups in total. The summed E-state index contributed by atoms with van der Waals surface area (Å²) in [6.07, 6.45) is 0.187. The molecule has 3 nitrogen and oxygen atoms in total. The van der Waals surface area contributed by atoms with E-state index in [1.54, 1.807) is 0 Å². The maximum absolute atomic E-state index is 8.76. The smallest absolute Gasteiger partial charge is 0.120 e. The Morgan fingerprint density at radius 2 is 1.76 bits per heavy atom. The molecular weight excluding hydrogens is 260 g/mol. The van der Waals surface area contributed by atoms with E-state index in [0.29, 0.717) is 5.56 Å². The molecule has 0 amide bonds. The zero-order chi connectivity index (χ0) is 15.1. The molecule has 0 saturated heterocycles. The van der Waals surface area contributed by atoms with E-state index in [0.717, 1.165) is 18.8 Å². The minimum atomic E-state index is 0.187. The first kappa shape index (κ1) is 15.1. The van der Waals surface area contributed by atoms with Crippen molar-refractivity contribution in [3.8, 4) is 11.8 Å². The van der Waals surface area contributed by atoms with E-state index in [4.69, 9.17) is 10.00 Å². The van der Waals surface area contributed by atoms with Crippen LogP contribution in [0.25, 0.3) is 0 Å². The molecule has 0 unspecified atom stereocenters. The first-order chi connectivity index (χ1) is 10.2. The Morgan fingerprint density at radius 1 is 1.05 bits per heavy atom. The summed E-state index contributed by atoms with van der Waals surface area (Å²) in [7, 11) is 0. The van der Waals surface area contributed by atoms with Gasteiger partial charge in [0.05, 0.1) is 17.7 Å². The molecule has 2 rings (SSSR count). The zero-order valence-electron chi connectivity index (χ0n) is 12.5. The lowest BCUT2D eigenvalue weighted by atomic mass is 10.1. The molecule has 0 aliphatic rings. The summed E-state index contributed by atoms with van der Waals surface area (Å²) in [6.45, 7) is 5.61. The highest BCUT2D eigenvalue weighted by Crippen LogP contribution is 2.15. The van der Waals surface area contributed by atoms with Crippen LogP contribution in [0.2, 0.25) is 0 Å². The SMILES string of the molecule is CC(C)Oc1cccc(CNCc2ccc(C#N)cc2)c1. The first-order valence-corrected chi connectivity index (χ1v) is 7.13. The molecule has 3 heteroatoms. The van der Waals surface area contributed by atoms with Crippen LogP contribution < -0.4 is 10.1 Å². The fraction of sp³-hybridized carbons (Fsp3) is 0.278. The fourth-order valence-electron chi connectivity index (χ4n) is 2.05. The summed E-state index contributed by atoms with van der Waals surface area (Å²) in [5, 5.41) is 12.2. The van der Waals surface area contributed by atoms with Crippen LogP contribution in [-0.2, 0) is 13.1 Å². The Morgan fingerprint density at radius 3 is 2.43 bits per heavy atom. The van der Waals surface area contributed by atoms with Gasteiger partial charge in [-0.05, 0) is 49.2 Å². The summed E-state index contributed by atoms with van der Waals surface area (Å²) < 4.78 is 5.69. The monoisotopic (exact) mass is 280 g/mol. The quantitative estimate of drug-likeness (QED) is 0.878. The van der Waals surface area contributed by atoms with Gasteiger partial charge in [-0.2, -0.15) is 5.26 Å². The number of nitriles is 1. The molecule has 0 atom stereocenters. The number of nitrogens with zero attached hydrogens (tertiary/aromatic N) is 1. The highest BCUT2D eigenvalue weighted by Gasteiger charge is 2.00. The minimum absolute atomic E-state index is 0.187. The van der Waals surface area contributed by atoms with Crippen molar-refractivity contribution < 1.29 is 4.74 Å². The summed E-state index contributed by atoms with van der Waals surface area (Å²) in [5.41, 5.74) is 3.06. The van der Waals surface area contributed by atoms with Gasteiger partial charge < -0.3 is 10.1 Å². The van der Waals surface area contributed by atoms with Gasteiger partial charge in [-0.3, -0.25) is 0 Å². The average Bonchev–Trinajstić information content (AvgIpc) is 2.48. The van der Waals surface area contributed by atoms with Gasteiger partial charge in [0, 0.05) is 13.1 Å². The van der Waals surface area contributed by atoms with Crippen molar-refractivity contribution in [3.05, 3.63) is 65.2 Å². The van der Waals surface area contributed by atoms with Crippen LogP contribution in [0.1, 0.15) is 30.5 Å². The standard InChI is InChI=1S/C18H20N2O/c1-14(2)21-18-5-3-4-17(10-18)13-20-12-16-8-6-15(11-19)7-9-16/h3-10,14,20H,12-13H2,1-2H3. The minimum Gasteiger partial charge on any atom is -0.491 e. The topological polar surface area (TPSA) is 45.0 Å². The van der Waals surface area contributed by atoms with E-state index in [-0.39, 0.29) is 6.10 Å². The molecule has 0 fully saturated rings. The van der Waals surface area contributed by atoms with Gasteiger partial charge in [0.1, 0.15) is 5.75 Å².